The van der Waals surface area contributed by atoms with Gasteiger partial charge in [0.1, 0.15) is 11.2 Å². The predicted molar refractivity (Wildman–Crippen MR) is 54.2 cm³/mol. The van der Waals surface area contributed by atoms with Crippen LogP contribution in [0.1, 0.15) is 5.76 Å². The van der Waals surface area contributed by atoms with Gasteiger partial charge in [-0.25, -0.2) is 9.80 Å². The molecule has 0 saturated carbocycles. The number of hydrogen-bond acceptors (Lipinski definition) is 6. The molecule has 1 fully saturated rings. The monoisotopic (exact) mass is 240 g/mol. The second-order valence-electron chi connectivity index (χ2n) is 3.23. The molecule has 1 saturated heterocycles. The second kappa shape index (κ2) is 4.22. The van der Waals surface area contributed by atoms with E-state index in [0.717, 1.165) is 11.2 Å². The van der Waals surface area contributed by atoms with E-state index >= 15 is 0 Å². The number of nitrogens with zero attached hydrogens (tertiary/aromatic N) is 3. The summed E-state index contributed by atoms with van der Waals surface area (Å²) in [6, 6.07) is 1.99. The number of aliphatic hydroxyl groups excluding tert-OH is 1. The summed E-state index contributed by atoms with van der Waals surface area (Å²) in [6.07, 6.45) is 0.190. The Morgan fingerprint density at radius 3 is 3.00 bits per heavy atom. The third-order valence-electron chi connectivity index (χ3n) is 1.99. The maximum absolute atomic E-state index is 11.1. The van der Waals surface area contributed by atoms with E-state index in [1.807, 2.05) is 0 Å². The number of rotatable bonds is 3. The summed E-state index contributed by atoms with van der Waals surface area (Å²) in [4.78, 5) is 20.8. The largest absolute Gasteiger partial charge is 0.433 e. The number of β-amino-alcohol motifs (C(OH)–C–C–N with tert-alkyl or cyclic N) is 1. The number of nitrogens with one attached hydrogen (secondary N) is 1. The number of urea groups is 1. The first-order valence-corrected chi connectivity index (χ1v) is 4.60. The number of furan rings is 1. The molecule has 9 nitrogen and oxygen atoms in total. The molecule has 1 aliphatic rings. The summed E-state index contributed by atoms with van der Waals surface area (Å²) in [5.74, 6) is -0.261. The lowest BCUT2D eigenvalue weighted by Gasteiger charge is -2.03. The Bertz CT molecular complexity index is 482. The fourth-order valence-corrected chi connectivity index (χ4v) is 1.25. The number of hydrazone groups is 1. The molecule has 2 amide bonds. The van der Waals surface area contributed by atoms with Crippen molar-refractivity contribution in [1.29, 1.82) is 0 Å². The molecule has 2 N–H and O–H groups in total. The lowest BCUT2D eigenvalue weighted by Crippen LogP contribution is -2.26. The Morgan fingerprint density at radius 1 is 1.71 bits per heavy atom. The fraction of sp³-hybridized carbons (Fsp3) is 0.250. The smallest absolute Gasteiger partial charge is 0.400 e. The number of carbonyl (C=O) groups is 1. The number of nitro groups is 1. The highest BCUT2D eigenvalue weighted by atomic mass is 16.6. The molecule has 0 radical (unpaired) electrons. The molecular formula is C8H8N4O5. The molecule has 17 heavy (non-hydrogen) atoms. The molecule has 0 bridgehead atoms. The van der Waals surface area contributed by atoms with Crippen LogP contribution in [0.4, 0.5) is 10.7 Å². The summed E-state index contributed by atoms with van der Waals surface area (Å²) < 4.78 is 4.80. The van der Waals surface area contributed by atoms with Crippen LogP contribution in [0.2, 0.25) is 0 Å². The molecule has 90 valence electrons. The molecule has 2 heterocycles. The zero-order chi connectivity index (χ0) is 12.4. The Morgan fingerprint density at radius 2 is 2.47 bits per heavy atom. The first-order valence-electron chi connectivity index (χ1n) is 4.60. The van der Waals surface area contributed by atoms with E-state index < -0.39 is 23.1 Å². The lowest BCUT2D eigenvalue weighted by atomic mass is 10.5. The molecule has 1 aliphatic heterocycles. The Balaban J connectivity index is 2.05. The van der Waals surface area contributed by atoms with E-state index in [2.05, 4.69) is 10.4 Å². The summed E-state index contributed by atoms with van der Waals surface area (Å²) in [5, 5.41) is 26.3. The minimum atomic E-state index is -0.967. The number of amides is 2. The summed E-state index contributed by atoms with van der Waals surface area (Å²) >= 11 is 0. The molecule has 1 aromatic heterocycles. The average Bonchev–Trinajstić information content (AvgIpc) is 2.82. The van der Waals surface area contributed by atoms with Gasteiger partial charge in [-0.15, -0.1) is 0 Å². The third kappa shape index (κ3) is 2.39. The topological polar surface area (TPSA) is 121 Å². The molecule has 1 unspecified atom stereocenters. The van der Waals surface area contributed by atoms with E-state index in [0.29, 0.717) is 0 Å². The lowest BCUT2D eigenvalue weighted by molar-refractivity contribution is -0.402. The van der Waals surface area contributed by atoms with Gasteiger partial charge in [-0.3, -0.25) is 10.1 Å². The van der Waals surface area contributed by atoms with Crippen molar-refractivity contribution in [1.82, 2.24) is 10.3 Å². The van der Waals surface area contributed by atoms with Crippen molar-refractivity contribution in [2.45, 2.75) is 6.23 Å². The highest BCUT2D eigenvalue weighted by Gasteiger charge is 2.26. The fourth-order valence-electron chi connectivity index (χ4n) is 1.25. The normalized spacial score (nSPS) is 19.9. The van der Waals surface area contributed by atoms with Gasteiger partial charge in [0, 0.05) is 0 Å². The van der Waals surface area contributed by atoms with Crippen LogP contribution in [0.25, 0.3) is 0 Å². The average molecular weight is 240 g/mol. The molecule has 0 aromatic carbocycles. The molecule has 1 atom stereocenters. The van der Waals surface area contributed by atoms with Crippen molar-refractivity contribution in [3.63, 3.8) is 0 Å². The number of aliphatic hydroxyl groups is 1. The highest BCUT2D eigenvalue weighted by molar-refractivity contribution is 5.80. The minimum absolute atomic E-state index is 0.0120. The van der Waals surface area contributed by atoms with Crippen LogP contribution in [-0.4, -0.2) is 40.1 Å². The van der Waals surface area contributed by atoms with Gasteiger partial charge in [-0.2, -0.15) is 5.10 Å². The first kappa shape index (κ1) is 11.1. The van der Waals surface area contributed by atoms with Crippen LogP contribution in [0, 0.1) is 10.1 Å². The van der Waals surface area contributed by atoms with E-state index in [1.165, 1.54) is 12.1 Å². The van der Waals surface area contributed by atoms with Crippen molar-refractivity contribution in [3.05, 3.63) is 28.0 Å². The van der Waals surface area contributed by atoms with Gasteiger partial charge in [0.15, 0.2) is 5.76 Å². The van der Waals surface area contributed by atoms with Gasteiger partial charge in [-0.05, 0) is 6.07 Å². The van der Waals surface area contributed by atoms with Gasteiger partial charge in [0.05, 0.1) is 18.8 Å². The SMILES string of the molecule is O=C1NC(O)CN1N=Cc1ccc([N+](=O)[O-])o1. The van der Waals surface area contributed by atoms with Crippen LogP contribution >= 0.6 is 0 Å². The zero-order valence-electron chi connectivity index (χ0n) is 8.44. The van der Waals surface area contributed by atoms with Crippen LogP contribution < -0.4 is 5.32 Å². The van der Waals surface area contributed by atoms with Crippen molar-refractivity contribution >= 4 is 18.1 Å². The van der Waals surface area contributed by atoms with Gasteiger partial charge in [0.25, 0.3) is 0 Å². The van der Waals surface area contributed by atoms with E-state index in [1.54, 1.807) is 0 Å². The van der Waals surface area contributed by atoms with Crippen molar-refractivity contribution in [2.75, 3.05) is 6.54 Å². The van der Waals surface area contributed by atoms with Crippen molar-refractivity contribution < 1.29 is 19.2 Å². The van der Waals surface area contributed by atoms with Crippen LogP contribution in [0.5, 0.6) is 0 Å². The quantitative estimate of drug-likeness (QED) is 0.432. The summed E-state index contributed by atoms with van der Waals surface area (Å²) in [7, 11) is 0. The minimum Gasteiger partial charge on any atom is -0.400 e. The van der Waals surface area contributed by atoms with Gasteiger partial charge in [-0.1, -0.05) is 0 Å². The predicted octanol–water partition coefficient (Wildman–Crippen LogP) is -0.135. The van der Waals surface area contributed by atoms with E-state index in [4.69, 9.17) is 9.52 Å². The molecule has 1 aromatic rings. The van der Waals surface area contributed by atoms with Crippen LogP contribution in [0.3, 0.4) is 0 Å². The molecular weight excluding hydrogens is 232 g/mol. The molecule has 0 aliphatic carbocycles. The second-order valence-corrected chi connectivity index (χ2v) is 3.23. The zero-order valence-corrected chi connectivity index (χ0v) is 8.44. The third-order valence-corrected chi connectivity index (χ3v) is 1.99. The number of carbonyl (C=O) groups excluding carboxylic acids is 1. The van der Waals surface area contributed by atoms with Gasteiger partial charge in [0.2, 0.25) is 0 Å². The van der Waals surface area contributed by atoms with Crippen molar-refractivity contribution in [2.24, 2.45) is 5.10 Å². The van der Waals surface area contributed by atoms with Gasteiger partial charge >= 0.3 is 11.9 Å². The van der Waals surface area contributed by atoms with Crippen LogP contribution in [0.15, 0.2) is 21.7 Å². The molecule has 2 rings (SSSR count). The highest BCUT2D eigenvalue weighted by Crippen LogP contribution is 2.14. The molecule has 9 heteroatoms. The van der Waals surface area contributed by atoms with E-state index in [9.17, 15) is 14.9 Å². The van der Waals surface area contributed by atoms with Crippen LogP contribution in [-0.2, 0) is 0 Å². The maximum Gasteiger partial charge on any atom is 0.433 e. The first-order chi connectivity index (χ1) is 8.06. The maximum atomic E-state index is 11.1. The Labute approximate surface area is 94.5 Å². The van der Waals surface area contributed by atoms with Crippen molar-refractivity contribution in [3.8, 4) is 0 Å². The number of hydrogen-bond donors (Lipinski definition) is 2. The Hall–Kier alpha value is -2.42. The van der Waals surface area contributed by atoms with Gasteiger partial charge < -0.3 is 14.8 Å². The van der Waals surface area contributed by atoms with E-state index in [-0.39, 0.29) is 12.3 Å². The summed E-state index contributed by atoms with van der Waals surface area (Å²) in [6.45, 7) is 0.0120. The summed E-state index contributed by atoms with van der Waals surface area (Å²) in [5.41, 5.74) is 0. The molecule has 0 spiro atoms. The standard InChI is InChI=1S/C8H8N4O5/c13-6-4-11(8(14)10-6)9-3-5-1-2-7(17-5)12(15)16/h1-3,6,13H,4H2,(H,10,14). The Kier molecular flexibility index (Phi) is 2.75.